The molecule has 0 radical (unpaired) electrons. The Bertz CT molecular complexity index is 505. The Hall–Kier alpha value is -1.07. The number of carbonyl (C=O) groups excluding carboxylic acids is 1. The Kier molecular flexibility index (Phi) is 6.06. The van der Waals surface area contributed by atoms with Gasteiger partial charge in [0.25, 0.3) is 0 Å². The van der Waals surface area contributed by atoms with Crippen molar-refractivity contribution in [1.29, 1.82) is 0 Å². The second-order valence-electron chi connectivity index (χ2n) is 4.99. The van der Waals surface area contributed by atoms with Crippen LogP contribution < -0.4 is 9.47 Å². The van der Waals surface area contributed by atoms with Crippen LogP contribution in [0.1, 0.15) is 25.8 Å². The van der Waals surface area contributed by atoms with Crippen molar-refractivity contribution >= 4 is 29.3 Å². The molecule has 1 heterocycles. The molecule has 0 unspecified atom stereocenters. The van der Waals surface area contributed by atoms with Crippen molar-refractivity contribution in [1.82, 2.24) is 0 Å². The summed E-state index contributed by atoms with van der Waals surface area (Å²) in [7, 11) is 0. The smallest absolute Gasteiger partial charge is 0.316 e. The van der Waals surface area contributed by atoms with E-state index < -0.39 is 0 Å². The molecule has 0 atom stereocenters. The molecule has 1 aliphatic rings. The maximum atomic E-state index is 11.5. The highest BCUT2D eigenvalue weighted by molar-refractivity contribution is 7.99. The van der Waals surface area contributed by atoms with Gasteiger partial charge in [0.2, 0.25) is 0 Å². The van der Waals surface area contributed by atoms with Crippen LogP contribution in [0.4, 0.5) is 0 Å². The highest BCUT2D eigenvalue weighted by Gasteiger charge is 2.16. The zero-order valence-corrected chi connectivity index (χ0v) is 13.8. The van der Waals surface area contributed by atoms with Crippen LogP contribution in [0.25, 0.3) is 0 Å². The minimum atomic E-state index is -0.199. The zero-order chi connectivity index (χ0) is 15.2. The predicted molar refractivity (Wildman–Crippen MR) is 84.4 cm³/mol. The average molecular weight is 331 g/mol. The SMILES string of the molecule is CC(C)OC(=O)CSCc1cc(Cl)c2c(c1)OCCCO2. The molecule has 21 heavy (non-hydrogen) atoms. The number of hydrogen-bond acceptors (Lipinski definition) is 5. The van der Waals surface area contributed by atoms with E-state index in [1.54, 1.807) is 0 Å². The number of rotatable bonds is 5. The third-order valence-corrected chi connectivity index (χ3v) is 3.98. The quantitative estimate of drug-likeness (QED) is 0.770. The minimum Gasteiger partial charge on any atom is -0.489 e. The fraction of sp³-hybridized carbons (Fsp3) is 0.533. The third kappa shape index (κ3) is 5.00. The van der Waals surface area contributed by atoms with Crippen LogP contribution in [-0.2, 0) is 15.3 Å². The number of fused-ring (bicyclic) bond motifs is 1. The molecular formula is C15H19ClO4S. The number of halogens is 1. The van der Waals surface area contributed by atoms with Crippen molar-refractivity contribution in [2.24, 2.45) is 0 Å². The molecular weight excluding hydrogens is 312 g/mol. The molecule has 1 aromatic rings. The van der Waals surface area contributed by atoms with Gasteiger partial charge in [0, 0.05) is 12.2 Å². The van der Waals surface area contributed by atoms with Gasteiger partial charge in [-0.1, -0.05) is 11.6 Å². The second-order valence-corrected chi connectivity index (χ2v) is 6.38. The summed E-state index contributed by atoms with van der Waals surface area (Å²) in [6.45, 7) is 4.92. The number of thioether (sulfide) groups is 1. The molecule has 0 N–H and O–H groups in total. The summed E-state index contributed by atoms with van der Waals surface area (Å²) in [5.41, 5.74) is 1.01. The van der Waals surface area contributed by atoms with E-state index in [1.165, 1.54) is 11.8 Å². The first kappa shape index (κ1) is 16.3. The van der Waals surface area contributed by atoms with Gasteiger partial charge in [0.05, 0.1) is 30.1 Å². The van der Waals surface area contributed by atoms with Gasteiger partial charge in [-0.25, -0.2) is 0 Å². The Labute approximate surface area is 134 Å². The van der Waals surface area contributed by atoms with Crippen LogP contribution in [0.15, 0.2) is 12.1 Å². The maximum absolute atomic E-state index is 11.5. The first-order valence-corrected chi connectivity index (χ1v) is 8.45. The molecule has 0 saturated heterocycles. The van der Waals surface area contributed by atoms with E-state index in [1.807, 2.05) is 26.0 Å². The van der Waals surface area contributed by atoms with Gasteiger partial charge in [-0.2, -0.15) is 0 Å². The molecule has 2 rings (SSSR count). The molecule has 4 nitrogen and oxygen atoms in total. The van der Waals surface area contributed by atoms with Gasteiger partial charge < -0.3 is 14.2 Å². The molecule has 116 valence electrons. The van der Waals surface area contributed by atoms with E-state index in [2.05, 4.69) is 0 Å². The summed E-state index contributed by atoms with van der Waals surface area (Å²) in [6.07, 6.45) is 0.765. The van der Waals surface area contributed by atoms with Crippen molar-refractivity contribution in [2.75, 3.05) is 19.0 Å². The first-order chi connectivity index (χ1) is 10.1. The molecule has 0 saturated carbocycles. The predicted octanol–water partition coefficient (Wildman–Crippen LogP) is 3.69. The van der Waals surface area contributed by atoms with Gasteiger partial charge in [-0.15, -0.1) is 11.8 Å². The zero-order valence-electron chi connectivity index (χ0n) is 12.2. The number of carbonyl (C=O) groups is 1. The Morgan fingerprint density at radius 3 is 2.90 bits per heavy atom. The summed E-state index contributed by atoms with van der Waals surface area (Å²) >= 11 is 7.72. The lowest BCUT2D eigenvalue weighted by molar-refractivity contribution is -0.144. The van der Waals surface area contributed by atoms with E-state index in [-0.39, 0.29) is 12.1 Å². The lowest BCUT2D eigenvalue weighted by Gasteiger charge is -2.11. The van der Waals surface area contributed by atoms with Gasteiger partial charge >= 0.3 is 5.97 Å². The Morgan fingerprint density at radius 2 is 2.14 bits per heavy atom. The molecule has 6 heteroatoms. The monoisotopic (exact) mass is 330 g/mol. The molecule has 0 aromatic heterocycles. The molecule has 1 aliphatic heterocycles. The number of ether oxygens (including phenoxy) is 3. The number of esters is 1. The van der Waals surface area contributed by atoms with Gasteiger partial charge in [0.1, 0.15) is 0 Å². The van der Waals surface area contributed by atoms with Crippen LogP contribution in [0.5, 0.6) is 11.5 Å². The molecule has 1 aromatic carbocycles. The van der Waals surface area contributed by atoms with E-state index in [9.17, 15) is 4.79 Å². The topological polar surface area (TPSA) is 44.8 Å². The van der Waals surface area contributed by atoms with Gasteiger partial charge in [-0.05, 0) is 31.5 Å². The summed E-state index contributed by atoms with van der Waals surface area (Å²) in [6, 6.07) is 3.78. The lowest BCUT2D eigenvalue weighted by atomic mass is 10.2. The highest BCUT2D eigenvalue weighted by Crippen LogP contribution is 2.38. The van der Waals surface area contributed by atoms with Crippen LogP contribution >= 0.6 is 23.4 Å². The van der Waals surface area contributed by atoms with E-state index in [0.29, 0.717) is 41.2 Å². The van der Waals surface area contributed by atoms with Crippen molar-refractivity contribution in [3.8, 4) is 11.5 Å². The van der Waals surface area contributed by atoms with Gasteiger partial charge in [-0.3, -0.25) is 4.79 Å². The van der Waals surface area contributed by atoms with E-state index in [0.717, 1.165) is 12.0 Å². The third-order valence-electron chi connectivity index (χ3n) is 2.72. The standard InChI is InChI=1S/C15H19ClO4S/c1-10(2)20-14(17)9-21-8-11-6-12(16)15-13(7-11)18-4-3-5-19-15/h6-7,10H,3-5,8-9H2,1-2H3. The van der Waals surface area contributed by atoms with Crippen molar-refractivity contribution < 1.29 is 19.0 Å². The summed E-state index contributed by atoms with van der Waals surface area (Å²) in [5.74, 6) is 2.09. The maximum Gasteiger partial charge on any atom is 0.316 e. The second kappa shape index (κ2) is 7.80. The Morgan fingerprint density at radius 1 is 1.38 bits per heavy atom. The highest BCUT2D eigenvalue weighted by atomic mass is 35.5. The van der Waals surface area contributed by atoms with Crippen molar-refractivity contribution in [2.45, 2.75) is 32.1 Å². The number of hydrogen-bond donors (Lipinski definition) is 0. The molecule has 0 fully saturated rings. The number of benzene rings is 1. The van der Waals surface area contributed by atoms with Gasteiger partial charge in [0.15, 0.2) is 11.5 Å². The fourth-order valence-corrected chi connectivity index (χ4v) is 2.94. The summed E-state index contributed by atoms with van der Waals surface area (Å²) < 4.78 is 16.3. The minimum absolute atomic E-state index is 0.0782. The van der Waals surface area contributed by atoms with Crippen LogP contribution in [0, 0.1) is 0 Å². The van der Waals surface area contributed by atoms with Crippen molar-refractivity contribution in [3.63, 3.8) is 0 Å². The van der Waals surface area contributed by atoms with E-state index in [4.69, 9.17) is 25.8 Å². The Balaban J connectivity index is 1.93. The van der Waals surface area contributed by atoms with Crippen LogP contribution in [0.3, 0.4) is 0 Å². The van der Waals surface area contributed by atoms with Crippen molar-refractivity contribution in [3.05, 3.63) is 22.7 Å². The van der Waals surface area contributed by atoms with E-state index >= 15 is 0 Å². The largest absolute Gasteiger partial charge is 0.489 e. The lowest BCUT2D eigenvalue weighted by Crippen LogP contribution is -2.13. The summed E-state index contributed by atoms with van der Waals surface area (Å²) in [5, 5.41) is 0.551. The summed E-state index contributed by atoms with van der Waals surface area (Å²) in [4.78, 5) is 11.5. The molecule has 0 bridgehead atoms. The molecule has 0 spiro atoms. The fourth-order valence-electron chi connectivity index (χ4n) is 1.92. The van der Waals surface area contributed by atoms with Crippen LogP contribution in [0.2, 0.25) is 5.02 Å². The normalized spacial score (nSPS) is 13.9. The molecule has 0 aliphatic carbocycles. The first-order valence-electron chi connectivity index (χ1n) is 6.91. The van der Waals surface area contributed by atoms with Crippen LogP contribution in [-0.4, -0.2) is 31.0 Å². The molecule has 0 amide bonds. The average Bonchev–Trinajstić information content (AvgIpc) is 2.63.